The Labute approximate surface area is 188 Å². The van der Waals surface area contributed by atoms with Gasteiger partial charge in [0, 0.05) is 23.4 Å². The third kappa shape index (κ3) is 5.09. The number of rotatable bonds is 7. The van der Waals surface area contributed by atoms with Crippen molar-refractivity contribution in [3.05, 3.63) is 71.1 Å². The molecule has 0 aliphatic carbocycles. The number of ketones is 1. The summed E-state index contributed by atoms with van der Waals surface area (Å²) >= 11 is 6.03. The molecule has 2 N–H and O–H groups in total. The topological polar surface area (TPSA) is 107 Å². The smallest absolute Gasteiger partial charge is 0.291 e. The molecule has 1 aliphatic rings. The zero-order valence-corrected chi connectivity index (χ0v) is 17.6. The van der Waals surface area contributed by atoms with E-state index in [0.717, 1.165) is 0 Å². The number of fused-ring (bicyclic) bond motifs is 1. The quantitative estimate of drug-likeness (QED) is 0.507. The van der Waals surface area contributed by atoms with Crippen LogP contribution in [0.4, 0.5) is 11.4 Å². The van der Waals surface area contributed by atoms with Gasteiger partial charge in [0.2, 0.25) is 5.91 Å². The van der Waals surface area contributed by atoms with Gasteiger partial charge in [0.1, 0.15) is 13.2 Å². The van der Waals surface area contributed by atoms with Gasteiger partial charge in [-0.1, -0.05) is 11.6 Å². The van der Waals surface area contributed by atoms with Crippen LogP contribution in [0.15, 0.2) is 59.2 Å². The zero-order chi connectivity index (χ0) is 22.5. The summed E-state index contributed by atoms with van der Waals surface area (Å²) in [7, 11) is 0. The molecule has 1 aliphatic heterocycles. The zero-order valence-electron chi connectivity index (χ0n) is 16.9. The molecule has 1 aromatic heterocycles. The maximum atomic E-state index is 12.5. The number of benzene rings is 2. The van der Waals surface area contributed by atoms with Crippen molar-refractivity contribution >= 4 is 40.6 Å². The Morgan fingerprint density at radius 1 is 0.875 bits per heavy atom. The van der Waals surface area contributed by atoms with E-state index >= 15 is 0 Å². The Balaban J connectivity index is 1.37. The number of furan rings is 1. The molecule has 0 atom stereocenters. The van der Waals surface area contributed by atoms with Crippen molar-refractivity contribution in [1.82, 2.24) is 0 Å². The summed E-state index contributed by atoms with van der Waals surface area (Å²) in [6.45, 7) is 0.891. The van der Waals surface area contributed by atoms with E-state index in [1.165, 1.54) is 18.4 Å². The molecule has 0 bridgehead atoms. The molecule has 32 heavy (non-hydrogen) atoms. The van der Waals surface area contributed by atoms with Gasteiger partial charge >= 0.3 is 0 Å². The average molecular weight is 455 g/mol. The summed E-state index contributed by atoms with van der Waals surface area (Å²) in [6, 6.07) is 12.7. The summed E-state index contributed by atoms with van der Waals surface area (Å²) in [6.07, 6.45) is 1.35. The van der Waals surface area contributed by atoms with Gasteiger partial charge in [-0.15, -0.1) is 0 Å². The van der Waals surface area contributed by atoms with Gasteiger partial charge in [0.05, 0.1) is 17.6 Å². The number of anilines is 2. The van der Waals surface area contributed by atoms with Crippen LogP contribution in [0.25, 0.3) is 0 Å². The Morgan fingerprint density at radius 3 is 2.47 bits per heavy atom. The first-order valence-electron chi connectivity index (χ1n) is 9.87. The second kappa shape index (κ2) is 9.57. The van der Waals surface area contributed by atoms with Crippen LogP contribution in [0.5, 0.6) is 11.5 Å². The number of halogens is 1. The predicted octanol–water partition coefficient (Wildman–Crippen LogP) is 4.56. The van der Waals surface area contributed by atoms with E-state index in [4.69, 9.17) is 25.5 Å². The Hall–Kier alpha value is -3.78. The minimum Gasteiger partial charge on any atom is -0.486 e. The molecule has 8 nitrogen and oxygen atoms in total. The maximum absolute atomic E-state index is 12.5. The van der Waals surface area contributed by atoms with Crippen molar-refractivity contribution in [3.63, 3.8) is 0 Å². The van der Waals surface area contributed by atoms with Crippen molar-refractivity contribution in [3.8, 4) is 11.5 Å². The number of carbonyl (C=O) groups is 3. The summed E-state index contributed by atoms with van der Waals surface area (Å²) < 4.78 is 16.0. The van der Waals surface area contributed by atoms with Gasteiger partial charge in [0.15, 0.2) is 23.0 Å². The summed E-state index contributed by atoms with van der Waals surface area (Å²) in [5, 5.41) is 5.74. The summed E-state index contributed by atoms with van der Waals surface area (Å²) in [4.78, 5) is 37.2. The predicted molar refractivity (Wildman–Crippen MR) is 118 cm³/mol. The highest BCUT2D eigenvalue weighted by Gasteiger charge is 2.17. The monoisotopic (exact) mass is 454 g/mol. The molecule has 2 amide bonds. The minimum absolute atomic E-state index is 0.00710. The third-order valence-electron chi connectivity index (χ3n) is 4.69. The number of amides is 2. The lowest BCUT2D eigenvalue weighted by Crippen LogP contribution is -2.17. The number of hydrogen-bond donors (Lipinski definition) is 2. The van der Waals surface area contributed by atoms with E-state index in [9.17, 15) is 14.4 Å². The van der Waals surface area contributed by atoms with Crippen LogP contribution in [0.2, 0.25) is 5.02 Å². The standard InChI is InChI=1S/C23H19ClN2O6/c24-15-4-5-16(17(13-15)26-23(29)20-2-1-9-30-20)25-22(28)8-6-18(27)14-3-7-19-21(12-14)32-11-10-31-19/h1-5,7,9,12-13H,6,8,10-11H2,(H,25,28)(H,26,29). The molecule has 2 aromatic carbocycles. The molecular formula is C23H19ClN2O6. The van der Waals surface area contributed by atoms with Gasteiger partial charge in [-0.2, -0.15) is 0 Å². The van der Waals surface area contributed by atoms with Gasteiger partial charge in [-0.3, -0.25) is 14.4 Å². The summed E-state index contributed by atoms with van der Waals surface area (Å²) in [5.74, 6) is 0.169. The lowest BCUT2D eigenvalue weighted by atomic mass is 10.1. The first-order chi connectivity index (χ1) is 15.5. The fourth-order valence-electron chi connectivity index (χ4n) is 3.12. The first kappa shape index (κ1) is 21.5. The molecule has 0 fully saturated rings. The van der Waals surface area contributed by atoms with Crippen LogP contribution >= 0.6 is 11.6 Å². The molecule has 0 radical (unpaired) electrons. The number of hydrogen-bond acceptors (Lipinski definition) is 6. The molecular weight excluding hydrogens is 436 g/mol. The van der Waals surface area contributed by atoms with Crippen molar-refractivity contribution in [1.29, 1.82) is 0 Å². The fourth-order valence-corrected chi connectivity index (χ4v) is 3.29. The van der Waals surface area contributed by atoms with Crippen LogP contribution < -0.4 is 20.1 Å². The maximum Gasteiger partial charge on any atom is 0.291 e. The highest BCUT2D eigenvalue weighted by Crippen LogP contribution is 2.31. The van der Waals surface area contributed by atoms with Crippen LogP contribution in [0.1, 0.15) is 33.8 Å². The van der Waals surface area contributed by atoms with Gasteiger partial charge in [-0.05, 0) is 48.5 Å². The minimum atomic E-state index is -0.485. The van der Waals surface area contributed by atoms with E-state index < -0.39 is 5.91 Å². The van der Waals surface area contributed by atoms with Crippen LogP contribution in [-0.2, 0) is 4.79 Å². The van der Waals surface area contributed by atoms with Gasteiger partial charge < -0.3 is 24.5 Å². The van der Waals surface area contributed by atoms with Crippen molar-refractivity contribution in [2.45, 2.75) is 12.8 Å². The van der Waals surface area contributed by atoms with E-state index in [2.05, 4.69) is 10.6 Å². The second-order valence-corrected chi connectivity index (χ2v) is 7.39. The van der Waals surface area contributed by atoms with Crippen LogP contribution in [0, 0.1) is 0 Å². The molecule has 0 saturated carbocycles. The normalized spacial score (nSPS) is 12.2. The van der Waals surface area contributed by atoms with E-state index in [-0.39, 0.29) is 30.3 Å². The van der Waals surface area contributed by atoms with Crippen molar-refractivity contribution in [2.24, 2.45) is 0 Å². The molecule has 9 heteroatoms. The Bertz CT molecular complexity index is 1160. The van der Waals surface area contributed by atoms with E-state index in [1.807, 2.05) is 0 Å². The molecule has 0 spiro atoms. The molecule has 3 aromatic rings. The number of nitrogens with one attached hydrogen (secondary N) is 2. The SMILES string of the molecule is O=C(CCC(=O)c1ccc2c(c1)OCCO2)Nc1ccc(Cl)cc1NC(=O)c1ccco1. The lowest BCUT2D eigenvalue weighted by Gasteiger charge is -2.18. The molecule has 164 valence electrons. The molecule has 2 heterocycles. The number of Topliss-reactive ketones (excluding diaryl/α,β-unsaturated/α-hetero) is 1. The number of carbonyl (C=O) groups excluding carboxylic acids is 3. The highest BCUT2D eigenvalue weighted by molar-refractivity contribution is 6.31. The molecule has 4 rings (SSSR count). The average Bonchev–Trinajstić information content (AvgIpc) is 3.34. The van der Waals surface area contributed by atoms with E-state index in [0.29, 0.717) is 46.7 Å². The van der Waals surface area contributed by atoms with Crippen molar-refractivity contribution in [2.75, 3.05) is 23.8 Å². The largest absolute Gasteiger partial charge is 0.486 e. The van der Waals surface area contributed by atoms with Gasteiger partial charge in [-0.25, -0.2) is 0 Å². The van der Waals surface area contributed by atoms with Crippen LogP contribution in [-0.4, -0.2) is 30.8 Å². The summed E-state index contributed by atoms with van der Waals surface area (Å²) in [5.41, 5.74) is 1.11. The molecule has 0 unspecified atom stereocenters. The lowest BCUT2D eigenvalue weighted by molar-refractivity contribution is -0.116. The Morgan fingerprint density at radius 2 is 1.69 bits per heavy atom. The number of ether oxygens (including phenoxy) is 2. The highest BCUT2D eigenvalue weighted by atomic mass is 35.5. The Kier molecular flexibility index (Phi) is 6.42. The van der Waals surface area contributed by atoms with E-state index in [1.54, 1.807) is 36.4 Å². The second-order valence-electron chi connectivity index (χ2n) is 6.95. The van der Waals surface area contributed by atoms with Crippen molar-refractivity contribution < 1.29 is 28.3 Å². The molecule has 0 saturated heterocycles. The van der Waals surface area contributed by atoms with Crippen LogP contribution in [0.3, 0.4) is 0 Å². The third-order valence-corrected chi connectivity index (χ3v) is 4.93. The first-order valence-corrected chi connectivity index (χ1v) is 10.2. The van der Waals surface area contributed by atoms with Gasteiger partial charge in [0.25, 0.3) is 5.91 Å². The fraction of sp³-hybridized carbons (Fsp3) is 0.174.